The second kappa shape index (κ2) is 13.3. The van der Waals surface area contributed by atoms with Gasteiger partial charge < -0.3 is 10.2 Å². The van der Waals surface area contributed by atoms with Gasteiger partial charge in [0.1, 0.15) is 6.04 Å². The second-order valence-corrected chi connectivity index (χ2v) is 10.9. The lowest BCUT2D eigenvalue weighted by Gasteiger charge is -2.29. The highest BCUT2D eigenvalue weighted by Crippen LogP contribution is 2.24. The Morgan fingerprint density at radius 2 is 1.71 bits per heavy atom. The van der Waals surface area contributed by atoms with Gasteiger partial charge in [0.25, 0.3) is 0 Å². The van der Waals surface area contributed by atoms with Crippen LogP contribution in [-0.4, -0.2) is 57.1 Å². The lowest BCUT2D eigenvalue weighted by Crippen LogP contribution is -2.49. The van der Waals surface area contributed by atoms with Gasteiger partial charge in [-0.3, -0.25) is 13.9 Å². The van der Waals surface area contributed by atoms with Crippen molar-refractivity contribution >= 4 is 27.5 Å². The smallest absolute Gasteiger partial charge is 0.242 e. The van der Waals surface area contributed by atoms with Crippen LogP contribution in [0.1, 0.15) is 49.8 Å². The average molecular weight is 502 g/mol. The highest BCUT2D eigenvalue weighted by molar-refractivity contribution is 7.92. The molecular formula is C27H39N3O4S. The fraction of sp³-hybridized carbons (Fsp3) is 0.481. The molecule has 0 aliphatic heterocycles. The van der Waals surface area contributed by atoms with E-state index in [9.17, 15) is 18.0 Å². The highest BCUT2D eigenvalue weighted by atomic mass is 32.2. The molecule has 0 heterocycles. The molecule has 2 aromatic rings. The first-order valence-corrected chi connectivity index (χ1v) is 14.1. The number of amides is 2. The minimum absolute atomic E-state index is 0.150. The SMILES string of the molecule is CCCNC(=O)C(C)N(CCc1ccccc1)C(=O)CCCN(c1cc(C)ccc1C)S(C)(=O)=O. The lowest BCUT2D eigenvalue weighted by atomic mass is 10.1. The monoisotopic (exact) mass is 501 g/mol. The van der Waals surface area contributed by atoms with E-state index < -0.39 is 16.1 Å². The number of nitrogens with zero attached hydrogens (tertiary/aromatic N) is 2. The Bertz CT molecular complexity index is 1090. The number of anilines is 1. The molecule has 0 bridgehead atoms. The van der Waals surface area contributed by atoms with Gasteiger partial charge in [-0.1, -0.05) is 49.4 Å². The van der Waals surface area contributed by atoms with Crippen LogP contribution in [0.5, 0.6) is 0 Å². The van der Waals surface area contributed by atoms with Crippen molar-refractivity contribution in [1.82, 2.24) is 10.2 Å². The molecule has 192 valence electrons. The van der Waals surface area contributed by atoms with Gasteiger partial charge in [-0.05, 0) is 62.8 Å². The summed E-state index contributed by atoms with van der Waals surface area (Å²) in [6, 6.07) is 14.9. The summed E-state index contributed by atoms with van der Waals surface area (Å²) >= 11 is 0. The molecule has 0 spiro atoms. The quantitative estimate of drug-likeness (QED) is 0.452. The molecule has 0 radical (unpaired) electrons. The Morgan fingerprint density at radius 3 is 2.34 bits per heavy atom. The molecule has 1 N–H and O–H groups in total. The summed E-state index contributed by atoms with van der Waals surface area (Å²) in [6.07, 6.45) is 3.14. The van der Waals surface area contributed by atoms with Crippen LogP contribution in [0, 0.1) is 13.8 Å². The van der Waals surface area contributed by atoms with Crippen LogP contribution >= 0.6 is 0 Å². The highest BCUT2D eigenvalue weighted by Gasteiger charge is 2.26. The van der Waals surface area contributed by atoms with Crippen molar-refractivity contribution in [2.45, 2.75) is 59.4 Å². The van der Waals surface area contributed by atoms with Crippen molar-refractivity contribution < 1.29 is 18.0 Å². The summed E-state index contributed by atoms with van der Waals surface area (Å²) in [5.74, 6) is -0.337. The number of nitrogens with one attached hydrogen (secondary N) is 1. The third-order valence-corrected chi connectivity index (χ3v) is 7.17. The Kier molecular flexibility index (Phi) is 10.8. The molecule has 0 saturated heterocycles. The van der Waals surface area contributed by atoms with Crippen LogP contribution < -0.4 is 9.62 Å². The zero-order chi connectivity index (χ0) is 26.0. The van der Waals surface area contributed by atoms with Crippen LogP contribution in [0.4, 0.5) is 5.69 Å². The molecule has 1 unspecified atom stereocenters. The fourth-order valence-electron chi connectivity index (χ4n) is 3.94. The van der Waals surface area contributed by atoms with Crippen molar-refractivity contribution in [3.63, 3.8) is 0 Å². The zero-order valence-corrected chi connectivity index (χ0v) is 22.4. The molecule has 0 saturated carbocycles. The predicted octanol–water partition coefficient (Wildman–Crippen LogP) is 3.84. The number of hydrogen-bond acceptors (Lipinski definition) is 4. The van der Waals surface area contributed by atoms with E-state index in [0.717, 1.165) is 23.1 Å². The molecule has 0 aromatic heterocycles. The summed E-state index contributed by atoms with van der Waals surface area (Å²) in [5, 5.41) is 2.87. The first-order valence-electron chi connectivity index (χ1n) is 12.2. The van der Waals surface area contributed by atoms with Crippen LogP contribution in [0.25, 0.3) is 0 Å². The normalized spacial score (nSPS) is 12.1. The van der Waals surface area contributed by atoms with Gasteiger partial charge in [0.15, 0.2) is 0 Å². The summed E-state index contributed by atoms with van der Waals surface area (Å²) in [5.41, 5.74) is 3.55. The molecule has 2 aromatic carbocycles. The van der Waals surface area contributed by atoms with Crippen molar-refractivity contribution in [3.8, 4) is 0 Å². The van der Waals surface area contributed by atoms with Crippen LogP contribution in [0.15, 0.2) is 48.5 Å². The van der Waals surface area contributed by atoms with E-state index in [2.05, 4.69) is 5.32 Å². The van der Waals surface area contributed by atoms with Crippen molar-refractivity contribution in [2.75, 3.05) is 30.2 Å². The summed E-state index contributed by atoms with van der Waals surface area (Å²) in [7, 11) is -3.52. The number of hydrogen-bond donors (Lipinski definition) is 1. The van der Waals surface area contributed by atoms with Gasteiger partial charge in [-0.15, -0.1) is 0 Å². The van der Waals surface area contributed by atoms with E-state index in [-0.39, 0.29) is 24.8 Å². The maximum absolute atomic E-state index is 13.3. The fourth-order valence-corrected chi connectivity index (χ4v) is 4.95. The molecule has 0 aliphatic carbocycles. The van der Waals surface area contributed by atoms with Gasteiger partial charge >= 0.3 is 0 Å². The molecule has 2 amide bonds. The summed E-state index contributed by atoms with van der Waals surface area (Å²) in [4.78, 5) is 27.5. The molecule has 0 aliphatic rings. The van der Waals surface area contributed by atoms with Crippen LogP contribution in [0.3, 0.4) is 0 Å². The van der Waals surface area contributed by atoms with Gasteiger partial charge in [0.05, 0.1) is 11.9 Å². The second-order valence-electron chi connectivity index (χ2n) is 9.02. The molecule has 7 nitrogen and oxygen atoms in total. The van der Waals surface area contributed by atoms with E-state index in [0.29, 0.717) is 31.6 Å². The number of carbonyl (C=O) groups excluding carboxylic acids is 2. The van der Waals surface area contributed by atoms with Crippen molar-refractivity contribution in [1.29, 1.82) is 0 Å². The zero-order valence-electron chi connectivity index (χ0n) is 21.6. The Morgan fingerprint density at radius 1 is 1.03 bits per heavy atom. The number of carbonyl (C=O) groups is 2. The maximum atomic E-state index is 13.3. The van der Waals surface area contributed by atoms with Crippen LogP contribution in [0.2, 0.25) is 0 Å². The lowest BCUT2D eigenvalue weighted by molar-refractivity contribution is -0.139. The Labute approximate surface area is 210 Å². The van der Waals surface area contributed by atoms with E-state index in [1.807, 2.05) is 69.3 Å². The Hall–Kier alpha value is -2.87. The standard InChI is InChI=1S/C27H39N3O4S/c1-6-17-28-27(32)23(4)29(19-16-24-11-8-7-9-12-24)26(31)13-10-18-30(35(5,33)34)25-20-21(2)14-15-22(25)3/h7-9,11-12,14-15,20,23H,6,10,13,16-19H2,1-5H3,(H,28,32). The minimum Gasteiger partial charge on any atom is -0.354 e. The van der Waals surface area contributed by atoms with Crippen molar-refractivity contribution in [2.24, 2.45) is 0 Å². The number of benzene rings is 2. The molecule has 2 rings (SSSR count). The largest absolute Gasteiger partial charge is 0.354 e. The molecule has 35 heavy (non-hydrogen) atoms. The Balaban J connectivity index is 2.13. The van der Waals surface area contributed by atoms with E-state index >= 15 is 0 Å². The molecule has 0 fully saturated rings. The average Bonchev–Trinajstić information content (AvgIpc) is 2.81. The maximum Gasteiger partial charge on any atom is 0.242 e. The first-order chi connectivity index (χ1) is 16.5. The van der Waals surface area contributed by atoms with E-state index in [1.54, 1.807) is 11.8 Å². The minimum atomic E-state index is -3.52. The van der Waals surface area contributed by atoms with E-state index in [1.165, 1.54) is 10.6 Å². The topological polar surface area (TPSA) is 86.8 Å². The molecule has 8 heteroatoms. The van der Waals surface area contributed by atoms with Gasteiger partial charge in [0, 0.05) is 26.1 Å². The number of rotatable bonds is 13. The third-order valence-electron chi connectivity index (χ3n) is 5.99. The third kappa shape index (κ3) is 8.69. The van der Waals surface area contributed by atoms with Gasteiger partial charge in [-0.25, -0.2) is 8.42 Å². The van der Waals surface area contributed by atoms with E-state index in [4.69, 9.17) is 0 Å². The van der Waals surface area contributed by atoms with Crippen molar-refractivity contribution in [3.05, 3.63) is 65.2 Å². The number of sulfonamides is 1. The van der Waals surface area contributed by atoms with Gasteiger partial charge in [0.2, 0.25) is 21.8 Å². The molecule has 1 atom stereocenters. The number of aryl methyl sites for hydroxylation is 2. The first kappa shape index (κ1) is 28.4. The predicted molar refractivity (Wildman–Crippen MR) is 142 cm³/mol. The van der Waals surface area contributed by atoms with Gasteiger partial charge in [-0.2, -0.15) is 0 Å². The summed E-state index contributed by atoms with van der Waals surface area (Å²) < 4.78 is 26.4. The van der Waals surface area contributed by atoms with Crippen LogP contribution in [-0.2, 0) is 26.0 Å². The molecular weight excluding hydrogens is 462 g/mol. The summed E-state index contributed by atoms with van der Waals surface area (Å²) in [6.45, 7) is 8.68.